The maximum absolute atomic E-state index is 12.8. The molecule has 0 radical (unpaired) electrons. The summed E-state index contributed by atoms with van der Waals surface area (Å²) in [6.07, 6.45) is -4.77. The highest BCUT2D eigenvalue weighted by molar-refractivity contribution is 7.91. The van der Waals surface area contributed by atoms with E-state index in [1.807, 2.05) is 0 Å². The van der Waals surface area contributed by atoms with E-state index < -0.39 is 146 Å². The lowest BCUT2D eigenvalue weighted by molar-refractivity contribution is -0.120. The van der Waals surface area contributed by atoms with E-state index in [0.717, 1.165) is 18.9 Å². The van der Waals surface area contributed by atoms with Gasteiger partial charge in [-0.15, -0.1) is 0 Å². The van der Waals surface area contributed by atoms with Crippen molar-refractivity contribution in [1.82, 2.24) is 18.9 Å². The number of hydrogen-bond acceptors (Lipinski definition) is 16. The van der Waals surface area contributed by atoms with Crippen molar-refractivity contribution in [2.24, 2.45) is 0 Å². The average molecular weight is 1170 g/mol. The first-order chi connectivity index (χ1) is 30.2. The second kappa shape index (κ2) is 23.4. The molecule has 0 atom stereocenters. The summed E-state index contributed by atoms with van der Waals surface area (Å²) >= 11 is 0. The molecule has 0 saturated carbocycles. The molecule has 4 amide bonds. The molecule has 0 unspecified atom stereocenters. The molecule has 40 heteroatoms. The minimum absolute atomic E-state index is 0.125. The molecule has 0 aromatic carbocycles. The summed E-state index contributed by atoms with van der Waals surface area (Å²) in [7, 11) is -39.7. The molecule has 68 heavy (non-hydrogen) atoms. The molecule has 0 aromatic rings. The first kappa shape index (κ1) is 63.6. The number of alkyl halides is 12. The number of amides is 4. The van der Waals surface area contributed by atoms with E-state index in [9.17, 15) is 106 Å². The van der Waals surface area contributed by atoms with Gasteiger partial charge in [-0.3, -0.25) is 19.2 Å². The van der Waals surface area contributed by atoms with Gasteiger partial charge in [-0.05, 0) is 76.0 Å². The number of rotatable bonds is 24. The second-order valence-corrected chi connectivity index (χ2v) is 36.7. The summed E-state index contributed by atoms with van der Waals surface area (Å²) in [4.78, 5) is 48.4. The highest BCUT2D eigenvalue weighted by Gasteiger charge is 2.57. The van der Waals surface area contributed by atoms with Gasteiger partial charge in [0.05, 0.1) is 0 Å². The van der Waals surface area contributed by atoms with Crippen molar-refractivity contribution < 1.29 is 122 Å². The second-order valence-electron chi connectivity index (χ2n) is 15.7. The smallest absolute Gasteiger partial charge is 0.416 e. The Bertz CT molecular complexity index is 1940. The van der Waals surface area contributed by atoms with Gasteiger partial charge in [0.15, 0.2) is 0 Å². The van der Waals surface area contributed by atoms with Crippen LogP contribution in [0.4, 0.5) is 52.7 Å². The van der Waals surface area contributed by atoms with Crippen LogP contribution in [0.2, 0.25) is 50.4 Å². The van der Waals surface area contributed by atoms with Gasteiger partial charge in [0, 0.05) is 25.7 Å². The van der Waals surface area contributed by atoms with E-state index in [2.05, 4.69) is 0 Å². The first-order valence-corrected chi connectivity index (χ1v) is 35.5. The summed E-state index contributed by atoms with van der Waals surface area (Å²) in [5.41, 5.74) is -23.3. The molecule has 0 spiro atoms. The molecule has 1 aliphatic rings. The van der Waals surface area contributed by atoms with Crippen LogP contribution in [0.5, 0.6) is 0 Å². The fourth-order valence-corrected chi connectivity index (χ4v) is 32.0. The van der Waals surface area contributed by atoms with Crippen LogP contribution in [0.15, 0.2) is 0 Å². The van der Waals surface area contributed by atoms with Crippen molar-refractivity contribution >= 4 is 98.0 Å². The molecule has 20 nitrogen and oxygen atoms in total. The molecule has 0 bridgehead atoms. The average Bonchev–Trinajstić information content (AvgIpc) is 3.09. The molecule has 1 heterocycles. The van der Waals surface area contributed by atoms with Gasteiger partial charge in [-0.1, -0.05) is 25.7 Å². The van der Waals surface area contributed by atoms with E-state index in [1.54, 1.807) is 0 Å². The summed E-state index contributed by atoms with van der Waals surface area (Å²) in [5, 5.41) is 0. The zero-order valence-corrected chi connectivity index (χ0v) is 43.3. The standard InChI is InChI=1S/C28H48F12N4O16S4Si4/c1-65(17-9-5-13-21(45)41-61(49,50)25(29,30)31)57-66(2,18-10-6-14-22(46)42-62(51,52)26(32,33)34)59-68(4,20-12-8-16-24(48)44-64(55,56)28(38,39)40)60-67(3,58-65)19-11-7-15-23(47)43-63(53,54)27(35,36)37/h5-20H2,1-4H3,(H,41,45)(H,42,46)(H,43,47)(H,44,48). The molecular weight excluding hydrogens is 1120 g/mol. The summed E-state index contributed by atoms with van der Waals surface area (Å²) < 4.78 is 274. The van der Waals surface area contributed by atoms with Crippen molar-refractivity contribution in [2.75, 3.05) is 0 Å². The van der Waals surface area contributed by atoms with Crippen LogP contribution in [-0.2, 0) is 75.7 Å². The van der Waals surface area contributed by atoms with Crippen molar-refractivity contribution in [3.8, 4) is 0 Å². The number of carbonyl (C=O) groups excluding carboxylic acids is 4. The Morgan fingerprint density at radius 3 is 0.618 bits per heavy atom. The molecule has 1 saturated heterocycles. The minimum atomic E-state index is -6.06. The van der Waals surface area contributed by atoms with Crippen molar-refractivity contribution in [3.63, 3.8) is 0 Å². The van der Waals surface area contributed by atoms with Gasteiger partial charge in [-0.2, -0.15) is 86.4 Å². The predicted octanol–water partition coefficient (Wildman–Crippen LogP) is 4.90. The quantitative estimate of drug-likeness (QED) is 0.0568. The Labute approximate surface area is 386 Å². The summed E-state index contributed by atoms with van der Waals surface area (Å²) in [5.74, 6) is -6.17. The van der Waals surface area contributed by atoms with E-state index in [-0.39, 0.29) is 75.5 Å². The van der Waals surface area contributed by atoms with Crippen LogP contribution >= 0.6 is 0 Å². The van der Waals surface area contributed by atoms with Gasteiger partial charge in [0.25, 0.3) is 0 Å². The van der Waals surface area contributed by atoms with Gasteiger partial charge >= 0.3 is 96.4 Å². The number of unbranched alkanes of at least 4 members (excludes halogenated alkanes) is 4. The number of halogens is 12. The monoisotopic (exact) mass is 1160 g/mol. The van der Waals surface area contributed by atoms with Crippen LogP contribution < -0.4 is 18.9 Å². The predicted molar refractivity (Wildman–Crippen MR) is 218 cm³/mol. The number of sulfonamides is 4. The van der Waals surface area contributed by atoms with Crippen LogP contribution in [0, 0.1) is 0 Å². The first-order valence-electron chi connectivity index (χ1n) is 19.5. The maximum Gasteiger partial charge on any atom is 0.516 e. The number of nitrogens with one attached hydrogen (secondary N) is 4. The van der Waals surface area contributed by atoms with E-state index in [0.29, 0.717) is 0 Å². The molecule has 0 aliphatic carbocycles. The van der Waals surface area contributed by atoms with Crippen molar-refractivity contribution in [3.05, 3.63) is 0 Å². The normalized spacial score (nSPS) is 23.8. The van der Waals surface area contributed by atoms with Crippen molar-refractivity contribution in [2.45, 2.75) is 149 Å². The lowest BCUT2D eigenvalue weighted by Crippen LogP contribution is -2.67. The van der Waals surface area contributed by atoms with Gasteiger partial charge in [-0.25, -0.2) is 18.9 Å². The Hall–Kier alpha value is -2.45. The Morgan fingerprint density at radius 2 is 0.485 bits per heavy atom. The zero-order valence-electron chi connectivity index (χ0n) is 36.0. The van der Waals surface area contributed by atoms with Crippen LogP contribution in [-0.4, -0.2) is 114 Å². The molecular formula is C28H48F12N4O16S4Si4. The van der Waals surface area contributed by atoms with Gasteiger partial charge in [0.1, 0.15) is 0 Å². The summed E-state index contributed by atoms with van der Waals surface area (Å²) in [6.45, 7) is 5.75. The third kappa shape index (κ3) is 20.7. The van der Waals surface area contributed by atoms with Gasteiger partial charge < -0.3 is 16.5 Å². The highest BCUT2D eigenvalue weighted by Crippen LogP contribution is 2.40. The lowest BCUT2D eigenvalue weighted by Gasteiger charge is -2.50. The number of hydrogen-bond donors (Lipinski definition) is 4. The Morgan fingerprint density at radius 1 is 0.338 bits per heavy atom. The minimum Gasteiger partial charge on any atom is -0.416 e. The SMILES string of the molecule is C[Si]1(CCCCC(=O)NS(=O)(=O)C(F)(F)F)O[Si](C)(CCCCC(=O)NS(=O)(=O)C(F)(F)F)O[Si](C)(CCCCC(=O)NS(=O)(=O)C(F)(F)F)O[Si](C)(CCCCC(=O)NS(=O)(=O)C(F)(F)F)O1. The molecule has 1 fully saturated rings. The topological polar surface area (TPSA) is 290 Å². The van der Waals surface area contributed by atoms with Crippen LogP contribution in [0.25, 0.3) is 0 Å². The largest absolute Gasteiger partial charge is 0.516 e. The Kier molecular flexibility index (Phi) is 21.9. The van der Waals surface area contributed by atoms with E-state index in [1.165, 1.54) is 26.2 Å². The third-order valence-electron chi connectivity index (χ3n) is 9.08. The lowest BCUT2D eigenvalue weighted by atomic mass is 10.2. The molecule has 4 N–H and O–H groups in total. The van der Waals surface area contributed by atoms with E-state index >= 15 is 0 Å². The molecule has 400 valence electrons. The fraction of sp³-hybridized carbons (Fsp3) is 0.857. The van der Waals surface area contributed by atoms with Crippen LogP contribution in [0.3, 0.4) is 0 Å². The fourth-order valence-electron chi connectivity index (χ4n) is 6.28. The highest BCUT2D eigenvalue weighted by atomic mass is 32.2. The zero-order chi connectivity index (χ0) is 53.3. The third-order valence-corrected chi connectivity index (χ3v) is 32.4. The summed E-state index contributed by atoms with van der Waals surface area (Å²) in [6, 6.07) is -0.636. The van der Waals surface area contributed by atoms with Crippen LogP contribution in [0.1, 0.15) is 77.0 Å². The Balaban J connectivity index is 3.54. The number of carbonyl (C=O) groups is 4. The molecule has 1 rings (SSSR count). The van der Waals surface area contributed by atoms with Crippen molar-refractivity contribution in [1.29, 1.82) is 0 Å². The van der Waals surface area contributed by atoms with Gasteiger partial charge in [0.2, 0.25) is 23.6 Å². The maximum atomic E-state index is 12.8. The molecule has 1 aliphatic heterocycles. The van der Waals surface area contributed by atoms with E-state index in [4.69, 9.17) is 16.5 Å². The molecule has 0 aromatic heterocycles.